The van der Waals surface area contributed by atoms with E-state index < -0.39 is 6.04 Å². The van der Waals surface area contributed by atoms with Crippen molar-refractivity contribution in [3.63, 3.8) is 0 Å². The van der Waals surface area contributed by atoms with Gasteiger partial charge in [0.25, 0.3) is 0 Å². The Morgan fingerprint density at radius 1 is 1.30 bits per heavy atom. The molecule has 1 fully saturated rings. The molecule has 5 heteroatoms. The van der Waals surface area contributed by atoms with Crippen molar-refractivity contribution >= 4 is 11.9 Å². The topological polar surface area (TPSA) is 72.6 Å². The zero-order chi connectivity index (χ0) is 14.5. The Balaban J connectivity index is 2.26. The van der Waals surface area contributed by atoms with Crippen molar-refractivity contribution in [3.8, 4) is 0 Å². The SMILES string of the molecule is CCOC(=O)C1CCC(c2ccccc2)N1C(=O)CN. The van der Waals surface area contributed by atoms with Crippen LogP contribution in [0.4, 0.5) is 0 Å². The number of benzene rings is 1. The van der Waals surface area contributed by atoms with Crippen molar-refractivity contribution in [3.05, 3.63) is 35.9 Å². The zero-order valence-electron chi connectivity index (χ0n) is 11.6. The third kappa shape index (κ3) is 2.82. The molecule has 0 saturated carbocycles. The van der Waals surface area contributed by atoms with Crippen LogP contribution in [0.3, 0.4) is 0 Å². The van der Waals surface area contributed by atoms with Gasteiger partial charge in [-0.25, -0.2) is 4.79 Å². The smallest absolute Gasteiger partial charge is 0.328 e. The van der Waals surface area contributed by atoms with Gasteiger partial charge in [0.2, 0.25) is 5.91 Å². The van der Waals surface area contributed by atoms with Gasteiger partial charge in [0.1, 0.15) is 6.04 Å². The third-order valence-corrected chi connectivity index (χ3v) is 3.59. The highest BCUT2D eigenvalue weighted by Crippen LogP contribution is 2.36. The number of hydrogen-bond acceptors (Lipinski definition) is 4. The van der Waals surface area contributed by atoms with E-state index in [1.165, 1.54) is 0 Å². The minimum Gasteiger partial charge on any atom is -0.464 e. The lowest BCUT2D eigenvalue weighted by Gasteiger charge is -2.29. The first kappa shape index (κ1) is 14.5. The lowest BCUT2D eigenvalue weighted by Crippen LogP contribution is -2.45. The molecule has 1 aliphatic rings. The molecule has 2 rings (SSSR count). The van der Waals surface area contributed by atoms with Crippen LogP contribution in [-0.4, -0.2) is 36.0 Å². The number of esters is 1. The fraction of sp³-hybridized carbons (Fsp3) is 0.467. The number of rotatable bonds is 4. The first-order valence-electron chi connectivity index (χ1n) is 6.91. The Morgan fingerprint density at radius 2 is 2.00 bits per heavy atom. The van der Waals surface area contributed by atoms with Gasteiger partial charge in [0.05, 0.1) is 19.2 Å². The van der Waals surface area contributed by atoms with E-state index >= 15 is 0 Å². The summed E-state index contributed by atoms with van der Waals surface area (Å²) in [7, 11) is 0. The normalized spacial score (nSPS) is 21.8. The van der Waals surface area contributed by atoms with Gasteiger partial charge in [-0.2, -0.15) is 0 Å². The van der Waals surface area contributed by atoms with E-state index in [2.05, 4.69) is 0 Å². The number of amides is 1. The molecule has 5 nitrogen and oxygen atoms in total. The van der Waals surface area contributed by atoms with Crippen LogP contribution in [0, 0.1) is 0 Å². The molecule has 0 aromatic heterocycles. The van der Waals surface area contributed by atoms with E-state index in [-0.39, 0.29) is 24.5 Å². The summed E-state index contributed by atoms with van der Waals surface area (Å²) in [5.41, 5.74) is 6.51. The number of ether oxygens (including phenoxy) is 1. The first-order chi connectivity index (χ1) is 9.69. The standard InChI is InChI=1S/C15H20N2O3/c1-2-20-15(19)13-9-8-12(17(13)14(18)10-16)11-6-4-3-5-7-11/h3-7,12-13H,2,8-10,16H2,1H3. The molecule has 1 heterocycles. The largest absolute Gasteiger partial charge is 0.464 e. The van der Waals surface area contributed by atoms with E-state index in [0.29, 0.717) is 13.0 Å². The summed E-state index contributed by atoms with van der Waals surface area (Å²) in [5.74, 6) is -0.554. The number of nitrogens with two attached hydrogens (primary N) is 1. The number of hydrogen-bond donors (Lipinski definition) is 1. The Kier molecular flexibility index (Phi) is 4.74. The molecule has 2 unspecified atom stereocenters. The van der Waals surface area contributed by atoms with Gasteiger partial charge in [0, 0.05) is 0 Å². The second-order valence-corrected chi connectivity index (χ2v) is 4.78. The highest BCUT2D eigenvalue weighted by atomic mass is 16.5. The Labute approximate surface area is 118 Å². The molecule has 1 aromatic rings. The highest BCUT2D eigenvalue weighted by Gasteiger charge is 2.41. The van der Waals surface area contributed by atoms with E-state index in [1.807, 2.05) is 30.3 Å². The molecule has 2 N–H and O–H groups in total. The second-order valence-electron chi connectivity index (χ2n) is 4.78. The molecule has 1 aliphatic heterocycles. The van der Waals surface area contributed by atoms with Gasteiger partial charge < -0.3 is 15.4 Å². The molecule has 1 amide bonds. The minimum atomic E-state index is -0.517. The quantitative estimate of drug-likeness (QED) is 0.840. The van der Waals surface area contributed by atoms with E-state index in [0.717, 1.165) is 12.0 Å². The minimum absolute atomic E-state index is 0.0957. The van der Waals surface area contributed by atoms with Crippen molar-refractivity contribution in [1.29, 1.82) is 0 Å². The summed E-state index contributed by atoms with van der Waals surface area (Å²) in [6.07, 6.45) is 1.36. The molecule has 0 bridgehead atoms. The van der Waals surface area contributed by atoms with Crippen LogP contribution in [0.1, 0.15) is 31.4 Å². The molecule has 108 valence electrons. The van der Waals surface area contributed by atoms with Crippen LogP contribution in [-0.2, 0) is 14.3 Å². The summed E-state index contributed by atoms with van der Waals surface area (Å²) in [4.78, 5) is 25.7. The Morgan fingerprint density at radius 3 is 2.60 bits per heavy atom. The van der Waals surface area contributed by atoms with Crippen molar-refractivity contribution in [2.45, 2.75) is 31.8 Å². The van der Waals surface area contributed by atoms with Gasteiger partial charge in [-0.3, -0.25) is 4.79 Å². The lowest BCUT2D eigenvalue weighted by atomic mass is 10.0. The van der Waals surface area contributed by atoms with Crippen LogP contribution in [0.15, 0.2) is 30.3 Å². The van der Waals surface area contributed by atoms with Gasteiger partial charge in [0.15, 0.2) is 0 Å². The molecule has 2 atom stereocenters. The Hall–Kier alpha value is -1.88. The maximum Gasteiger partial charge on any atom is 0.328 e. The molecule has 20 heavy (non-hydrogen) atoms. The van der Waals surface area contributed by atoms with Gasteiger partial charge in [-0.1, -0.05) is 30.3 Å². The van der Waals surface area contributed by atoms with Gasteiger partial charge in [-0.05, 0) is 25.3 Å². The Bertz CT molecular complexity index is 475. The van der Waals surface area contributed by atoms with E-state index in [1.54, 1.807) is 11.8 Å². The van der Waals surface area contributed by atoms with Gasteiger partial charge in [-0.15, -0.1) is 0 Å². The average Bonchev–Trinajstić information content (AvgIpc) is 2.92. The van der Waals surface area contributed by atoms with E-state index in [9.17, 15) is 9.59 Å². The summed E-state index contributed by atoms with van der Waals surface area (Å²) in [6.45, 7) is 1.98. The van der Waals surface area contributed by atoms with Crippen molar-refractivity contribution < 1.29 is 14.3 Å². The number of nitrogens with zero attached hydrogens (tertiary/aromatic N) is 1. The summed E-state index contributed by atoms with van der Waals surface area (Å²) >= 11 is 0. The molecule has 1 saturated heterocycles. The predicted octanol–water partition coefficient (Wildman–Crippen LogP) is 1.24. The second kappa shape index (κ2) is 6.52. The molecular weight excluding hydrogens is 256 g/mol. The molecule has 0 spiro atoms. The first-order valence-corrected chi connectivity index (χ1v) is 6.91. The molecule has 0 radical (unpaired) electrons. The summed E-state index contributed by atoms with van der Waals surface area (Å²) in [6, 6.07) is 9.11. The van der Waals surface area contributed by atoms with Crippen LogP contribution < -0.4 is 5.73 Å². The zero-order valence-corrected chi connectivity index (χ0v) is 11.6. The van der Waals surface area contributed by atoms with Crippen LogP contribution in [0.2, 0.25) is 0 Å². The van der Waals surface area contributed by atoms with Crippen molar-refractivity contribution in [1.82, 2.24) is 4.90 Å². The molecule has 1 aromatic carbocycles. The van der Waals surface area contributed by atoms with Crippen molar-refractivity contribution in [2.75, 3.05) is 13.2 Å². The fourth-order valence-corrected chi connectivity index (χ4v) is 2.74. The lowest BCUT2D eigenvalue weighted by molar-refractivity contribution is -0.153. The fourth-order valence-electron chi connectivity index (χ4n) is 2.74. The van der Waals surface area contributed by atoms with Crippen LogP contribution in [0.25, 0.3) is 0 Å². The average molecular weight is 276 g/mol. The number of carbonyl (C=O) groups is 2. The summed E-state index contributed by atoms with van der Waals surface area (Å²) in [5, 5.41) is 0. The monoisotopic (exact) mass is 276 g/mol. The van der Waals surface area contributed by atoms with Crippen LogP contribution >= 0.6 is 0 Å². The number of carbonyl (C=O) groups excluding carboxylic acids is 2. The highest BCUT2D eigenvalue weighted by molar-refractivity contribution is 5.86. The maximum absolute atomic E-state index is 12.1. The molecular formula is C15H20N2O3. The maximum atomic E-state index is 12.1. The van der Waals surface area contributed by atoms with Gasteiger partial charge >= 0.3 is 5.97 Å². The van der Waals surface area contributed by atoms with Crippen molar-refractivity contribution in [2.24, 2.45) is 5.73 Å². The van der Waals surface area contributed by atoms with Crippen LogP contribution in [0.5, 0.6) is 0 Å². The van der Waals surface area contributed by atoms with E-state index in [4.69, 9.17) is 10.5 Å². The molecule has 0 aliphatic carbocycles. The predicted molar refractivity (Wildman–Crippen MR) is 74.7 cm³/mol. The summed E-state index contributed by atoms with van der Waals surface area (Å²) < 4.78 is 5.06. The third-order valence-electron chi connectivity index (χ3n) is 3.59. The number of likely N-dealkylation sites (tertiary alicyclic amines) is 1.